The van der Waals surface area contributed by atoms with E-state index in [4.69, 9.17) is 23.8 Å². The highest BCUT2D eigenvalue weighted by molar-refractivity contribution is 7.71. The summed E-state index contributed by atoms with van der Waals surface area (Å²) in [5.41, 5.74) is 1.41. The van der Waals surface area contributed by atoms with E-state index in [1.807, 2.05) is 0 Å². The predicted molar refractivity (Wildman–Crippen MR) is 69.0 cm³/mol. The van der Waals surface area contributed by atoms with Crippen molar-refractivity contribution in [1.29, 1.82) is 0 Å². The Morgan fingerprint density at radius 1 is 1.37 bits per heavy atom. The number of benzene rings is 1. The summed E-state index contributed by atoms with van der Waals surface area (Å²) in [7, 11) is 0. The van der Waals surface area contributed by atoms with Gasteiger partial charge in [0.05, 0.1) is 22.7 Å². The second-order valence-corrected chi connectivity index (χ2v) is 4.68. The van der Waals surface area contributed by atoms with E-state index in [1.165, 1.54) is 0 Å². The van der Waals surface area contributed by atoms with Crippen LogP contribution in [-0.4, -0.2) is 28.9 Å². The van der Waals surface area contributed by atoms with Gasteiger partial charge in [-0.25, -0.2) is 0 Å². The van der Waals surface area contributed by atoms with Crippen LogP contribution in [0.15, 0.2) is 18.2 Å². The summed E-state index contributed by atoms with van der Waals surface area (Å²) < 4.78 is 42.4. The molecule has 0 fully saturated rings. The largest absolute Gasteiger partial charge is 0.411 e. The molecule has 2 aromatic rings. The third-order valence-corrected chi connectivity index (χ3v) is 3.10. The average Bonchev–Trinajstić information content (AvgIpc) is 2.61. The standard InChI is InChI=1S/C11H10ClF3N2OS/c12-7-2-1-3-8-9(7)17(10(19)16-8)4-5-18-6-11(13,14)15/h1-3H,4-6H2,(H,16,19). The van der Waals surface area contributed by atoms with Gasteiger partial charge in [0.2, 0.25) is 0 Å². The van der Waals surface area contributed by atoms with Crippen molar-refractivity contribution in [3.63, 3.8) is 0 Å². The zero-order valence-corrected chi connectivity index (χ0v) is 11.2. The normalized spacial score (nSPS) is 12.2. The lowest BCUT2D eigenvalue weighted by atomic mass is 10.3. The summed E-state index contributed by atoms with van der Waals surface area (Å²) in [5.74, 6) is 0. The van der Waals surface area contributed by atoms with Gasteiger partial charge in [0, 0.05) is 6.54 Å². The molecule has 0 aliphatic heterocycles. The van der Waals surface area contributed by atoms with Crippen LogP contribution in [0.5, 0.6) is 0 Å². The van der Waals surface area contributed by atoms with E-state index in [-0.39, 0.29) is 13.2 Å². The van der Waals surface area contributed by atoms with E-state index < -0.39 is 12.8 Å². The van der Waals surface area contributed by atoms with Crippen LogP contribution < -0.4 is 0 Å². The van der Waals surface area contributed by atoms with Gasteiger partial charge in [0.1, 0.15) is 6.61 Å². The van der Waals surface area contributed by atoms with Gasteiger partial charge < -0.3 is 14.3 Å². The molecule has 19 heavy (non-hydrogen) atoms. The minimum atomic E-state index is -4.32. The van der Waals surface area contributed by atoms with Crippen molar-refractivity contribution >= 4 is 34.9 Å². The van der Waals surface area contributed by atoms with Crippen molar-refractivity contribution in [2.45, 2.75) is 12.7 Å². The molecule has 0 saturated carbocycles. The topological polar surface area (TPSA) is 29.9 Å². The van der Waals surface area contributed by atoms with E-state index in [2.05, 4.69) is 9.72 Å². The van der Waals surface area contributed by atoms with Crippen molar-refractivity contribution in [2.24, 2.45) is 0 Å². The number of alkyl halides is 3. The van der Waals surface area contributed by atoms with Crippen LogP contribution >= 0.6 is 23.8 Å². The molecule has 0 atom stereocenters. The van der Waals surface area contributed by atoms with Crippen molar-refractivity contribution in [1.82, 2.24) is 9.55 Å². The first-order valence-corrected chi connectivity index (χ1v) is 6.18. The molecule has 0 spiro atoms. The maximum atomic E-state index is 11.9. The number of halogens is 4. The van der Waals surface area contributed by atoms with Gasteiger partial charge in [-0.2, -0.15) is 13.2 Å². The number of nitrogens with zero attached hydrogens (tertiary/aromatic N) is 1. The van der Waals surface area contributed by atoms with Crippen molar-refractivity contribution < 1.29 is 17.9 Å². The predicted octanol–water partition coefficient (Wildman–Crippen LogP) is 3.93. The Kier molecular flexibility index (Phi) is 4.17. The Bertz CT molecular complexity index is 635. The Morgan fingerprint density at radius 3 is 2.79 bits per heavy atom. The molecule has 1 aromatic heterocycles. The molecule has 1 aromatic carbocycles. The smallest absolute Gasteiger partial charge is 0.370 e. The van der Waals surface area contributed by atoms with Gasteiger partial charge in [-0.1, -0.05) is 17.7 Å². The molecule has 0 amide bonds. The zero-order chi connectivity index (χ0) is 14.0. The molecular weight excluding hydrogens is 301 g/mol. The molecule has 1 heterocycles. The molecule has 0 saturated heterocycles. The summed E-state index contributed by atoms with van der Waals surface area (Å²) in [4.78, 5) is 2.94. The minimum absolute atomic E-state index is 0.0913. The first-order chi connectivity index (χ1) is 8.88. The number of imidazole rings is 1. The summed E-state index contributed by atoms with van der Waals surface area (Å²) in [5, 5.41) is 0.487. The number of nitrogens with one attached hydrogen (secondary N) is 1. The molecule has 3 nitrogen and oxygen atoms in total. The third-order valence-electron chi connectivity index (χ3n) is 2.47. The Balaban J connectivity index is 2.13. The number of H-pyrrole nitrogens is 1. The molecule has 0 radical (unpaired) electrons. The van der Waals surface area contributed by atoms with Crippen molar-refractivity contribution in [3.05, 3.63) is 28.0 Å². The van der Waals surface area contributed by atoms with Crippen LogP contribution in [0.1, 0.15) is 0 Å². The van der Waals surface area contributed by atoms with Crippen LogP contribution in [0.4, 0.5) is 13.2 Å². The summed E-state index contributed by atoms with van der Waals surface area (Å²) in [6, 6.07) is 5.25. The molecule has 2 rings (SSSR count). The number of aromatic amines is 1. The van der Waals surface area contributed by atoms with E-state index in [9.17, 15) is 13.2 Å². The fourth-order valence-corrected chi connectivity index (χ4v) is 2.30. The number of ether oxygens (including phenoxy) is 1. The summed E-state index contributed by atoms with van der Waals surface area (Å²) in [6.07, 6.45) is -4.32. The van der Waals surface area contributed by atoms with Gasteiger partial charge in [0.15, 0.2) is 4.77 Å². The monoisotopic (exact) mass is 310 g/mol. The highest BCUT2D eigenvalue weighted by Gasteiger charge is 2.27. The van der Waals surface area contributed by atoms with Crippen LogP contribution in [0.2, 0.25) is 5.02 Å². The van der Waals surface area contributed by atoms with Crippen LogP contribution in [0, 0.1) is 4.77 Å². The number of hydrogen-bond donors (Lipinski definition) is 1. The molecule has 104 valence electrons. The fourth-order valence-electron chi connectivity index (χ4n) is 1.73. The van der Waals surface area contributed by atoms with Gasteiger partial charge in [-0.15, -0.1) is 0 Å². The van der Waals surface area contributed by atoms with Crippen LogP contribution in [0.25, 0.3) is 11.0 Å². The number of para-hydroxylation sites is 1. The average molecular weight is 311 g/mol. The van der Waals surface area contributed by atoms with Gasteiger partial charge >= 0.3 is 6.18 Å². The molecule has 8 heteroatoms. The van der Waals surface area contributed by atoms with E-state index in [0.717, 1.165) is 5.52 Å². The lowest BCUT2D eigenvalue weighted by molar-refractivity contribution is -0.174. The van der Waals surface area contributed by atoms with Gasteiger partial charge in [-0.3, -0.25) is 0 Å². The number of fused-ring (bicyclic) bond motifs is 1. The summed E-state index contributed by atoms with van der Waals surface area (Å²) >= 11 is 11.2. The molecular formula is C11H10ClF3N2OS. The molecule has 0 unspecified atom stereocenters. The highest BCUT2D eigenvalue weighted by Crippen LogP contribution is 2.23. The van der Waals surface area contributed by atoms with E-state index in [1.54, 1.807) is 22.8 Å². The zero-order valence-electron chi connectivity index (χ0n) is 9.63. The molecule has 0 bridgehead atoms. The Morgan fingerprint density at radius 2 is 2.11 bits per heavy atom. The lowest BCUT2D eigenvalue weighted by Crippen LogP contribution is -2.19. The second-order valence-electron chi connectivity index (χ2n) is 3.89. The van der Waals surface area contributed by atoms with E-state index >= 15 is 0 Å². The SMILES string of the molecule is FC(F)(F)COCCn1c(=S)[nH]c2cccc(Cl)c21. The van der Waals surface area contributed by atoms with Crippen molar-refractivity contribution in [3.8, 4) is 0 Å². The Labute approximate surface area is 116 Å². The highest BCUT2D eigenvalue weighted by atomic mass is 35.5. The maximum absolute atomic E-state index is 11.9. The van der Waals surface area contributed by atoms with Gasteiger partial charge in [0.25, 0.3) is 0 Å². The van der Waals surface area contributed by atoms with Crippen molar-refractivity contribution in [2.75, 3.05) is 13.2 Å². The second kappa shape index (κ2) is 5.52. The van der Waals surface area contributed by atoms with E-state index in [0.29, 0.717) is 15.3 Å². The Hall–Kier alpha value is -1.05. The van der Waals surface area contributed by atoms with Crippen LogP contribution in [0.3, 0.4) is 0 Å². The molecule has 0 aliphatic rings. The first kappa shape index (κ1) is 14.4. The number of hydrogen-bond acceptors (Lipinski definition) is 2. The molecule has 1 N–H and O–H groups in total. The van der Waals surface area contributed by atoms with Gasteiger partial charge in [-0.05, 0) is 24.4 Å². The van der Waals surface area contributed by atoms with Crippen LogP contribution in [-0.2, 0) is 11.3 Å². The lowest BCUT2D eigenvalue weighted by Gasteiger charge is -2.09. The number of aromatic nitrogens is 2. The fraction of sp³-hybridized carbons (Fsp3) is 0.364. The summed E-state index contributed by atoms with van der Waals surface area (Å²) in [6.45, 7) is -1.15. The minimum Gasteiger partial charge on any atom is -0.370 e. The number of rotatable bonds is 4. The first-order valence-electron chi connectivity index (χ1n) is 5.40. The quantitative estimate of drug-likeness (QED) is 0.685. The maximum Gasteiger partial charge on any atom is 0.411 e. The third kappa shape index (κ3) is 3.49. The molecule has 0 aliphatic carbocycles.